The Labute approximate surface area is 75.7 Å². The van der Waals surface area contributed by atoms with E-state index in [4.69, 9.17) is 0 Å². The number of aryl methyl sites for hydroxylation is 1. The van der Waals surface area contributed by atoms with E-state index in [1.807, 2.05) is 0 Å². The van der Waals surface area contributed by atoms with Crippen molar-refractivity contribution in [1.82, 2.24) is 9.78 Å². The summed E-state index contributed by atoms with van der Waals surface area (Å²) in [6.45, 7) is 4.55. The molecular formula is C8H11N3O2. The van der Waals surface area contributed by atoms with E-state index in [-0.39, 0.29) is 11.8 Å². The summed E-state index contributed by atoms with van der Waals surface area (Å²) in [5, 5.41) is 6.38. The molecule has 0 saturated heterocycles. The number of nitrogens with zero attached hydrogens (tertiary/aromatic N) is 2. The molecule has 0 bridgehead atoms. The van der Waals surface area contributed by atoms with Gasteiger partial charge in [-0.25, -0.2) is 4.68 Å². The smallest absolute Gasteiger partial charge is 0.244 e. The molecule has 70 valence electrons. The second kappa shape index (κ2) is 3.38. The minimum atomic E-state index is -0.201. The number of anilines is 1. The van der Waals surface area contributed by atoms with Crippen molar-refractivity contribution in [2.75, 3.05) is 5.32 Å². The Morgan fingerprint density at radius 1 is 1.46 bits per heavy atom. The molecule has 0 aliphatic rings. The van der Waals surface area contributed by atoms with Gasteiger partial charge in [0, 0.05) is 25.6 Å². The average molecular weight is 181 g/mol. The molecule has 0 saturated carbocycles. The summed E-state index contributed by atoms with van der Waals surface area (Å²) >= 11 is 0. The largest absolute Gasteiger partial charge is 0.309 e. The Balaban J connectivity index is 2.95. The molecule has 1 aromatic rings. The van der Waals surface area contributed by atoms with Crippen molar-refractivity contribution in [3.63, 3.8) is 0 Å². The van der Waals surface area contributed by atoms with Crippen LogP contribution in [0, 0.1) is 6.92 Å². The molecule has 13 heavy (non-hydrogen) atoms. The zero-order valence-electron chi connectivity index (χ0n) is 7.79. The Kier molecular flexibility index (Phi) is 2.46. The van der Waals surface area contributed by atoms with Crippen LogP contribution in [-0.2, 0) is 4.79 Å². The van der Waals surface area contributed by atoms with Gasteiger partial charge in [-0.1, -0.05) is 0 Å². The fourth-order valence-corrected chi connectivity index (χ4v) is 1.03. The number of carbonyl (C=O) groups excluding carboxylic acids is 2. The molecule has 0 aliphatic heterocycles. The summed E-state index contributed by atoms with van der Waals surface area (Å²) in [4.78, 5) is 21.6. The van der Waals surface area contributed by atoms with Crippen molar-refractivity contribution in [2.24, 2.45) is 0 Å². The van der Waals surface area contributed by atoms with Crippen LogP contribution < -0.4 is 5.32 Å². The maximum atomic E-state index is 11.0. The lowest BCUT2D eigenvalue weighted by Gasteiger charge is -1.95. The summed E-state index contributed by atoms with van der Waals surface area (Å²) in [6.07, 6.45) is 0. The molecule has 1 rings (SSSR count). The van der Waals surface area contributed by atoms with Crippen LogP contribution in [0.25, 0.3) is 0 Å². The fraction of sp³-hybridized carbons (Fsp3) is 0.375. The van der Waals surface area contributed by atoms with E-state index in [0.29, 0.717) is 11.5 Å². The summed E-state index contributed by atoms with van der Waals surface area (Å²) in [6, 6.07) is 1.64. The van der Waals surface area contributed by atoms with E-state index in [0.717, 1.165) is 0 Å². The van der Waals surface area contributed by atoms with Gasteiger partial charge in [-0.3, -0.25) is 9.59 Å². The van der Waals surface area contributed by atoms with E-state index in [2.05, 4.69) is 10.4 Å². The first-order chi connectivity index (χ1) is 6.00. The zero-order valence-corrected chi connectivity index (χ0v) is 7.79. The Hall–Kier alpha value is -1.65. The van der Waals surface area contributed by atoms with Crippen molar-refractivity contribution in [3.05, 3.63) is 11.8 Å². The van der Waals surface area contributed by atoms with Gasteiger partial charge >= 0.3 is 0 Å². The van der Waals surface area contributed by atoms with Gasteiger partial charge < -0.3 is 5.32 Å². The molecule has 5 heteroatoms. The average Bonchev–Trinajstić information content (AvgIpc) is 2.29. The van der Waals surface area contributed by atoms with Crippen LogP contribution in [0.3, 0.4) is 0 Å². The number of carbonyl (C=O) groups is 2. The van der Waals surface area contributed by atoms with E-state index in [9.17, 15) is 9.59 Å². The minimum Gasteiger partial charge on any atom is -0.309 e. The van der Waals surface area contributed by atoms with Crippen LogP contribution >= 0.6 is 0 Å². The van der Waals surface area contributed by atoms with Crippen molar-refractivity contribution in [3.8, 4) is 0 Å². The minimum absolute atomic E-state index is 0.172. The lowest BCUT2D eigenvalue weighted by molar-refractivity contribution is -0.114. The van der Waals surface area contributed by atoms with Gasteiger partial charge in [-0.05, 0) is 6.92 Å². The fourth-order valence-electron chi connectivity index (χ4n) is 1.03. The van der Waals surface area contributed by atoms with E-state index in [1.165, 1.54) is 18.5 Å². The summed E-state index contributed by atoms with van der Waals surface area (Å²) < 4.78 is 1.24. The van der Waals surface area contributed by atoms with Crippen LogP contribution in [-0.4, -0.2) is 21.6 Å². The SMILES string of the molecule is CC(=O)Nc1cc(C)n(C(C)=O)n1. The third kappa shape index (κ3) is 2.14. The molecule has 1 amide bonds. The predicted octanol–water partition coefficient (Wildman–Crippen LogP) is 0.810. The van der Waals surface area contributed by atoms with Gasteiger partial charge in [0.05, 0.1) is 0 Å². The predicted molar refractivity (Wildman–Crippen MR) is 47.6 cm³/mol. The number of hydrogen-bond acceptors (Lipinski definition) is 3. The van der Waals surface area contributed by atoms with Crippen molar-refractivity contribution in [2.45, 2.75) is 20.8 Å². The molecule has 1 aromatic heterocycles. The van der Waals surface area contributed by atoms with Crippen LogP contribution in [0.15, 0.2) is 6.07 Å². The second-order valence-corrected chi connectivity index (χ2v) is 2.78. The third-order valence-electron chi connectivity index (χ3n) is 1.49. The standard InChI is InChI=1S/C8H11N3O2/c1-5-4-8(9-6(2)12)10-11(5)7(3)13/h4H,1-3H3,(H,9,10,12). The first-order valence-electron chi connectivity index (χ1n) is 3.86. The molecule has 1 heterocycles. The molecule has 0 fully saturated rings. The number of hydrogen-bond donors (Lipinski definition) is 1. The number of aromatic nitrogens is 2. The maximum Gasteiger partial charge on any atom is 0.244 e. The molecule has 0 radical (unpaired) electrons. The summed E-state index contributed by atoms with van der Waals surface area (Å²) in [5.41, 5.74) is 0.705. The molecule has 0 aliphatic carbocycles. The highest BCUT2D eigenvalue weighted by Gasteiger charge is 2.07. The molecule has 1 N–H and O–H groups in total. The first kappa shape index (κ1) is 9.44. The molecule has 0 unspecified atom stereocenters. The highest BCUT2D eigenvalue weighted by atomic mass is 16.2. The van der Waals surface area contributed by atoms with Crippen LogP contribution in [0.2, 0.25) is 0 Å². The van der Waals surface area contributed by atoms with E-state index >= 15 is 0 Å². The van der Waals surface area contributed by atoms with Crippen LogP contribution in [0.5, 0.6) is 0 Å². The van der Waals surface area contributed by atoms with Gasteiger partial charge in [-0.2, -0.15) is 0 Å². The van der Waals surface area contributed by atoms with Crippen molar-refractivity contribution < 1.29 is 9.59 Å². The number of rotatable bonds is 1. The zero-order chi connectivity index (χ0) is 10.0. The topological polar surface area (TPSA) is 64.0 Å². The van der Waals surface area contributed by atoms with Gasteiger partial charge in [0.25, 0.3) is 0 Å². The number of amides is 1. The van der Waals surface area contributed by atoms with Crippen LogP contribution in [0.4, 0.5) is 5.82 Å². The first-order valence-corrected chi connectivity index (χ1v) is 3.86. The van der Waals surface area contributed by atoms with Crippen LogP contribution in [0.1, 0.15) is 24.3 Å². The molecule has 5 nitrogen and oxygen atoms in total. The van der Waals surface area contributed by atoms with Crippen molar-refractivity contribution in [1.29, 1.82) is 0 Å². The van der Waals surface area contributed by atoms with Crippen molar-refractivity contribution >= 4 is 17.6 Å². The highest BCUT2D eigenvalue weighted by molar-refractivity contribution is 5.88. The quantitative estimate of drug-likeness (QED) is 0.697. The maximum absolute atomic E-state index is 11.0. The van der Waals surface area contributed by atoms with E-state index < -0.39 is 0 Å². The summed E-state index contributed by atoms with van der Waals surface area (Å²) in [7, 11) is 0. The number of nitrogens with one attached hydrogen (secondary N) is 1. The third-order valence-corrected chi connectivity index (χ3v) is 1.49. The van der Waals surface area contributed by atoms with Gasteiger partial charge in [0.1, 0.15) is 0 Å². The summed E-state index contributed by atoms with van der Waals surface area (Å²) in [5.74, 6) is 0.0301. The van der Waals surface area contributed by atoms with Gasteiger partial charge in [-0.15, -0.1) is 5.10 Å². The molecular weight excluding hydrogens is 170 g/mol. The van der Waals surface area contributed by atoms with Gasteiger partial charge in [0.15, 0.2) is 5.82 Å². The Morgan fingerprint density at radius 2 is 2.08 bits per heavy atom. The molecule has 0 spiro atoms. The lowest BCUT2D eigenvalue weighted by Crippen LogP contribution is -2.11. The molecule has 0 atom stereocenters. The van der Waals surface area contributed by atoms with Gasteiger partial charge in [0.2, 0.25) is 11.8 Å². The monoisotopic (exact) mass is 181 g/mol. The Bertz CT molecular complexity index is 354. The van der Waals surface area contributed by atoms with E-state index in [1.54, 1.807) is 13.0 Å². The Morgan fingerprint density at radius 3 is 2.46 bits per heavy atom. The second-order valence-electron chi connectivity index (χ2n) is 2.78. The molecule has 0 aromatic carbocycles. The normalized spacial score (nSPS) is 9.77. The lowest BCUT2D eigenvalue weighted by atomic mass is 10.4. The highest BCUT2D eigenvalue weighted by Crippen LogP contribution is 2.07.